The molecule has 0 saturated carbocycles. The van der Waals surface area contributed by atoms with Crippen molar-refractivity contribution < 1.29 is 14.3 Å². The molecule has 3 heteroatoms. The minimum atomic E-state index is -0.356. The van der Waals surface area contributed by atoms with E-state index in [1.54, 1.807) is 7.11 Å². The van der Waals surface area contributed by atoms with Gasteiger partial charge < -0.3 is 9.47 Å². The summed E-state index contributed by atoms with van der Waals surface area (Å²) < 4.78 is 10.6. The molecular formula is C20H18O3. The number of carbonyl (C=O) groups is 1. The fourth-order valence-electron chi connectivity index (χ4n) is 3.06. The van der Waals surface area contributed by atoms with Gasteiger partial charge in [-0.1, -0.05) is 54.6 Å². The van der Waals surface area contributed by atoms with Crippen LogP contribution in [-0.2, 0) is 4.74 Å². The first-order valence-corrected chi connectivity index (χ1v) is 7.42. The van der Waals surface area contributed by atoms with Gasteiger partial charge in [0.25, 0.3) is 0 Å². The molecule has 0 bridgehead atoms. The second kappa shape index (κ2) is 6.13. The highest BCUT2D eigenvalue weighted by Gasteiger charge is 2.23. The van der Waals surface area contributed by atoms with E-state index in [0.29, 0.717) is 11.3 Å². The van der Waals surface area contributed by atoms with E-state index in [0.717, 1.165) is 27.5 Å². The third-order valence-corrected chi connectivity index (χ3v) is 4.06. The van der Waals surface area contributed by atoms with Crippen molar-refractivity contribution in [3.63, 3.8) is 0 Å². The highest BCUT2D eigenvalue weighted by atomic mass is 16.5. The maximum atomic E-state index is 12.5. The molecule has 0 atom stereocenters. The Hall–Kier alpha value is -2.81. The number of hydrogen-bond acceptors (Lipinski definition) is 3. The van der Waals surface area contributed by atoms with E-state index in [1.807, 2.05) is 61.5 Å². The van der Waals surface area contributed by atoms with E-state index in [2.05, 4.69) is 0 Å². The number of hydrogen-bond donors (Lipinski definition) is 0. The van der Waals surface area contributed by atoms with Crippen LogP contribution < -0.4 is 4.74 Å². The number of fused-ring (bicyclic) bond motifs is 1. The van der Waals surface area contributed by atoms with E-state index in [-0.39, 0.29) is 5.97 Å². The Morgan fingerprint density at radius 2 is 1.48 bits per heavy atom. The van der Waals surface area contributed by atoms with Crippen molar-refractivity contribution in [3.8, 4) is 16.9 Å². The van der Waals surface area contributed by atoms with E-state index in [9.17, 15) is 4.79 Å². The fourth-order valence-corrected chi connectivity index (χ4v) is 3.06. The van der Waals surface area contributed by atoms with Gasteiger partial charge in [-0.25, -0.2) is 4.79 Å². The van der Waals surface area contributed by atoms with Gasteiger partial charge in [0.15, 0.2) is 0 Å². The summed E-state index contributed by atoms with van der Waals surface area (Å²) in [6, 6.07) is 17.8. The summed E-state index contributed by atoms with van der Waals surface area (Å²) in [5, 5.41) is 1.96. The molecule has 3 aromatic rings. The van der Waals surface area contributed by atoms with Crippen molar-refractivity contribution in [1.29, 1.82) is 0 Å². The molecule has 3 rings (SSSR count). The van der Waals surface area contributed by atoms with E-state index in [4.69, 9.17) is 9.47 Å². The van der Waals surface area contributed by atoms with Crippen molar-refractivity contribution in [3.05, 3.63) is 65.7 Å². The van der Waals surface area contributed by atoms with Crippen LogP contribution in [-0.4, -0.2) is 20.2 Å². The minimum absolute atomic E-state index is 0.356. The van der Waals surface area contributed by atoms with Crippen LogP contribution in [0.2, 0.25) is 0 Å². The summed E-state index contributed by atoms with van der Waals surface area (Å²) in [6.07, 6.45) is 0. The van der Waals surface area contributed by atoms with Crippen LogP contribution in [0.1, 0.15) is 15.9 Å². The molecule has 3 nitrogen and oxygen atoms in total. The average Bonchev–Trinajstić information content (AvgIpc) is 2.61. The molecule has 0 radical (unpaired) electrons. The number of rotatable bonds is 3. The first-order valence-electron chi connectivity index (χ1n) is 7.42. The Morgan fingerprint density at radius 1 is 0.870 bits per heavy atom. The predicted octanol–water partition coefficient (Wildman–Crippen LogP) is 4.61. The maximum Gasteiger partial charge on any atom is 0.338 e. The molecule has 0 amide bonds. The van der Waals surface area contributed by atoms with Gasteiger partial charge in [0.2, 0.25) is 0 Å². The molecule has 116 valence electrons. The third kappa shape index (κ3) is 2.44. The molecule has 0 unspecified atom stereocenters. The summed E-state index contributed by atoms with van der Waals surface area (Å²) >= 11 is 0. The van der Waals surface area contributed by atoms with Crippen LogP contribution in [0.25, 0.3) is 21.9 Å². The molecule has 0 aliphatic carbocycles. The number of carbonyl (C=O) groups excluding carboxylic acids is 1. The van der Waals surface area contributed by atoms with Crippen LogP contribution in [0, 0.1) is 6.92 Å². The molecule has 0 aliphatic heterocycles. The Labute approximate surface area is 135 Å². The standard InChI is InChI=1S/C20H18O3/c1-13-17(20(21)23-3)18(14-9-5-4-6-10-14)15-11-7-8-12-16(15)19(13)22-2/h4-12H,1-3H3. The largest absolute Gasteiger partial charge is 0.496 e. The predicted molar refractivity (Wildman–Crippen MR) is 92.0 cm³/mol. The van der Waals surface area contributed by atoms with Crippen molar-refractivity contribution in [2.45, 2.75) is 6.92 Å². The molecule has 0 saturated heterocycles. The SMILES string of the molecule is COC(=O)c1c(C)c(OC)c2ccccc2c1-c1ccccc1. The van der Waals surface area contributed by atoms with Crippen molar-refractivity contribution in [2.24, 2.45) is 0 Å². The maximum absolute atomic E-state index is 12.5. The second-order valence-electron chi connectivity index (χ2n) is 5.31. The zero-order valence-electron chi connectivity index (χ0n) is 13.4. The monoisotopic (exact) mass is 306 g/mol. The zero-order valence-corrected chi connectivity index (χ0v) is 13.4. The number of ether oxygens (including phenoxy) is 2. The summed E-state index contributed by atoms with van der Waals surface area (Å²) in [5.41, 5.74) is 3.20. The topological polar surface area (TPSA) is 35.5 Å². The van der Waals surface area contributed by atoms with Gasteiger partial charge in [-0.2, -0.15) is 0 Å². The summed E-state index contributed by atoms with van der Waals surface area (Å²) in [4.78, 5) is 12.5. The average molecular weight is 306 g/mol. The van der Waals surface area contributed by atoms with Gasteiger partial charge in [0.1, 0.15) is 5.75 Å². The summed E-state index contributed by atoms with van der Waals surface area (Å²) in [5.74, 6) is 0.353. The summed E-state index contributed by atoms with van der Waals surface area (Å²) in [7, 11) is 3.02. The molecule has 3 aromatic carbocycles. The van der Waals surface area contributed by atoms with Gasteiger partial charge in [-0.3, -0.25) is 0 Å². The third-order valence-electron chi connectivity index (χ3n) is 4.06. The lowest BCUT2D eigenvalue weighted by Crippen LogP contribution is -2.08. The second-order valence-corrected chi connectivity index (χ2v) is 5.31. The number of methoxy groups -OCH3 is 2. The molecular weight excluding hydrogens is 288 g/mol. The van der Waals surface area contributed by atoms with Crippen LogP contribution in [0.3, 0.4) is 0 Å². The molecule has 0 aromatic heterocycles. The molecule has 0 fully saturated rings. The highest BCUT2D eigenvalue weighted by Crippen LogP contribution is 2.41. The first kappa shape index (κ1) is 15.1. The summed E-state index contributed by atoms with van der Waals surface area (Å²) in [6.45, 7) is 1.89. The minimum Gasteiger partial charge on any atom is -0.496 e. The molecule has 0 aliphatic rings. The molecule has 0 N–H and O–H groups in total. The van der Waals surface area contributed by atoms with Gasteiger partial charge >= 0.3 is 5.97 Å². The van der Waals surface area contributed by atoms with E-state index < -0.39 is 0 Å². The van der Waals surface area contributed by atoms with Crippen LogP contribution in [0.4, 0.5) is 0 Å². The van der Waals surface area contributed by atoms with Gasteiger partial charge in [0, 0.05) is 16.5 Å². The van der Waals surface area contributed by atoms with Crippen molar-refractivity contribution in [1.82, 2.24) is 0 Å². The Kier molecular flexibility index (Phi) is 4.02. The van der Waals surface area contributed by atoms with Crippen LogP contribution in [0.5, 0.6) is 5.75 Å². The normalized spacial score (nSPS) is 10.6. The number of esters is 1. The lowest BCUT2D eigenvalue weighted by atomic mass is 9.89. The first-order chi connectivity index (χ1) is 11.2. The van der Waals surface area contributed by atoms with E-state index >= 15 is 0 Å². The lowest BCUT2D eigenvalue weighted by molar-refractivity contribution is 0.0600. The lowest BCUT2D eigenvalue weighted by Gasteiger charge is -2.18. The van der Waals surface area contributed by atoms with Gasteiger partial charge in [-0.05, 0) is 17.9 Å². The van der Waals surface area contributed by atoms with Crippen molar-refractivity contribution in [2.75, 3.05) is 14.2 Å². The van der Waals surface area contributed by atoms with Gasteiger partial charge in [-0.15, -0.1) is 0 Å². The Morgan fingerprint density at radius 3 is 2.09 bits per heavy atom. The molecule has 0 spiro atoms. The molecule has 0 heterocycles. The highest BCUT2D eigenvalue weighted by molar-refractivity contribution is 6.11. The van der Waals surface area contributed by atoms with Crippen LogP contribution >= 0.6 is 0 Å². The fraction of sp³-hybridized carbons (Fsp3) is 0.150. The van der Waals surface area contributed by atoms with E-state index in [1.165, 1.54) is 7.11 Å². The smallest absolute Gasteiger partial charge is 0.338 e. The Bertz CT molecular complexity index is 867. The Balaban J connectivity index is 2.52. The van der Waals surface area contributed by atoms with Gasteiger partial charge in [0.05, 0.1) is 19.8 Å². The van der Waals surface area contributed by atoms with Crippen molar-refractivity contribution >= 4 is 16.7 Å². The quantitative estimate of drug-likeness (QED) is 0.663. The zero-order chi connectivity index (χ0) is 16.4. The number of benzene rings is 3. The van der Waals surface area contributed by atoms with Crippen LogP contribution in [0.15, 0.2) is 54.6 Å². The molecule has 23 heavy (non-hydrogen) atoms.